The van der Waals surface area contributed by atoms with Crippen molar-refractivity contribution in [3.63, 3.8) is 0 Å². The average Bonchev–Trinajstić information content (AvgIpc) is 2.58. The first kappa shape index (κ1) is 13.4. The Morgan fingerprint density at radius 1 is 1.53 bits per heavy atom. The Kier molecular flexibility index (Phi) is 6.04. The molecule has 0 saturated heterocycles. The predicted molar refractivity (Wildman–Crippen MR) is 62.4 cm³/mol. The van der Waals surface area contributed by atoms with Gasteiger partial charge >= 0.3 is 0 Å². The molecule has 6 heteroatoms. The fourth-order valence-electron chi connectivity index (χ4n) is 1.02. The van der Waals surface area contributed by atoms with Crippen molar-refractivity contribution in [3.8, 4) is 0 Å². The number of ether oxygens (including phenoxy) is 1. The number of halogens is 4. The van der Waals surface area contributed by atoms with Crippen LogP contribution in [0.5, 0.6) is 0 Å². The molecule has 1 aromatic heterocycles. The van der Waals surface area contributed by atoms with E-state index < -0.39 is 13.0 Å². The van der Waals surface area contributed by atoms with Crippen LogP contribution in [0, 0.1) is 0 Å². The fraction of sp³-hybridized carbons (Fsp3) is 0.556. The van der Waals surface area contributed by atoms with Gasteiger partial charge in [0.1, 0.15) is 6.61 Å². The van der Waals surface area contributed by atoms with Gasteiger partial charge in [0.25, 0.3) is 6.43 Å². The number of alkyl halides is 3. The molecule has 0 spiro atoms. The quantitative estimate of drug-likeness (QED) is 0.554. The first-order valence-corrected chi connectivity index (χ1v) is 6.51. The molecule has 15 heavy (non-hydrogen) atoms. The Morgan fingerprint density at radius 2 is 2.27 bits per heavy atom. The summed E-state index contributed by atoms with van der Waals surface area (Å²) in [6, 6.07) is 1.82. The topological polar surface area (TPSA) is 9.23 Å². The molecule has 0 N–H and O–H groups in total. The molecular weight excluding hydrogens is 310 g/mol. The molecule has 0 aliphatic heterocycles. The summed E-state index contributed by atoms with van der Waals surface area (Å²) in [6.07, 6.45) is -1.77. The van der Waals surface area contributed by atoms with Gasteiger partial charge in [-0.05, 0) is 17.9 Å². The minimum absolute atomic E-state index is 0.0719. The van der Waals surface area contributed by atoms with Gasteiger partial charge in [-0.1, -0.05) is 27.5 Å². The van der Waals surface area contributed by atoms with Crippen molar-refractivity contribution in [1.82, 2.24) is 0 Å². The van der Waals surface area contributed by atoms with E-state index in [0.29, 0.717) is 18.1 Å². The Hall–Kier alpha value is 0.290. The zero-order valence-corrected chi connectivity index (χ0v) is 10.9. The molecule has 1 unspecified atom stereocenters. The summed E-state index contributed by atoms with van der Waals surface area (Å²) in [5.41, 5.74) is 0. The van der Waals surface area contributed by atoms with Gasteiger partial charge in [0.2, 0.25) is 0 Å². The second-order valence-corrected chi connectivity index (χ2v) is 5.32. The maximum Gasteiger partial charge on any atom is 0.261 e. The third-order valence-corrected chi connectivity index (χ3v) is 4.38. The summed E-state index contributed by atoms with van der Waals surface area (Å²) in [6.45, 7) is -0.202. The molecule has 0 aliphatic rings. The van der Waals surface area contributed by atoms with Gasteiger partial charge in [0.05, 0.1) is 9.85 Å². The first-order valence-electron chi connectivity index (χ1n) is 4.34. The molecule has 86 valence electrons. The highest BCUT2D eigenvalue weighted by Crippen LogP contribution is 2.36. The van der Waals surface area contributed by atoms with Crippen molar-refractivity contribution in [2.45, 2.75) is 17.7 Å². The smallest absolute Gasteiger partial charge is 0.261 e. The second kappa shape index (κ2) is 6.78. The maximum absolute atomic E-state index is 11.7. The standard InChI is InChI=1S/C9H10BrClF2OS/c10-6(1-3-14-5-8(12)13)9-7(11)2-4-15-9/h2,4,6,8H,1,3,5H2. The third kappa shape index (κ3) is 4.76. The molecule has 0 bridgehead atoms. The molecule has 0 aromatic carbocycles. The van der Waals surface area contributed by atoms with Gasteiger partial charge in [0.15, 0.2) is 0 Å². The van der Waals surface area contributed by atoms with Gasteiger partial charge < -0.3 is 4.74 Å². The van der Waals surface area contributed by atoms with Crippen LogP contribution in [0.25, 0.3) is 0 Å². The van der Waals surface area contributed by atoms with E-state index in [1.807, 2.05) is 11.4 Å². The lowest BCUT2D eigenvalue weighted by Crippen LogP contribution is -2.06. The molecule has 0 fully saturated rings. The Labute approximate surface area is 105 Å². The van der Waals surface area contributed by atoms with E-state index >= 15 is 0 Å². The van der Waals surface area contributed by atoms with Crippen molar-refractivity contribution >= 4 is 38.9 Å². The Bertz CT molecular complexity index is 295. The Balaban J connectivity index is 2.25. The van der Waals surface area contributed by atoms with Crippen molar-refractivity contribution in [2.24, 2.45) is 0 Å². The third-order valence-electron chi connectivity index (χ3n) is 1.69. The minimum Gasteiger partial charge on any atom is -0.375 e. The summed E-state index contributed by atoms with van der Waals surface area (Å²) < 4.78 is 28.3. The summed E-state index contributed by atoms with van der Waals surface area (Å²) in [5, 5.41) is 2.60. The number of rotatable bonds is 6. The molecular formula is C9H10BrClF2OS. The van der Waals surface area contributed by atoms with E-state index in [4.69, 9.17) is 16.3 Å². The highest BCUT2D eigenvalue weighted by atomic mass is 79.9. The van der Waals surface area contributed by atoms with Crippen molar-refractivity contribution in [2.75, 3.05) is 13.2 Å². The van der Waals surface area contributed by atoms with Crippen LogP contribution in [0.4, 0.5) is 8.78 Å². The maximum atomic E-state index is 11.7. The largest absolute Gasteiger partial charge is 0.375 e. The minimum atomic E-state index is -2.40. The lowest BCUT2D eigenvalue weighted by Gasteiger charge is -2.08. The van der Waals surface area contributed by atoms with E-state index in [2.05, 4.69) is 15.9 Å². The fourth-order valence-corrected chi connectivity index (χ4v) is 3.11. The van der Waals surface area contributed by atoms with Crippen LogP contribution in [0.15, 0.2) is 11.4 Å². The number of hydrogen-bond donors (Lipinski definition) is 0. The van der Waals surface area contributed by atoms with Crippen molar-refractivity contribution in [3.05, 3.63) is 21.3 Å². The van der Waals surface area contributed by atoms with Crippen LogP contribution in [-0.4, -0.2) is 19.6 Å². The molecule has 1 heterocycles. The molecule has 0 saturated carbocycles. The van der Waals surface area contributed by atoms with Gasteiger partial charge in [-0.2, -0.15) is 0 Å². The van der Waals surface area contributed by atoms with Crippen LogP contribution in [0.3, 0.4) is 0 Å². The number of hydrogen-bond acceptors (Lipinski definition) is 2. The van der Waals surface area contributed by atoms with E-state index in [0.717, 1.165) is 4.88 Å². The monoisotopic (exact) mass is 318 g/mol. The molecule has 1 atom stereocenters. The summed E-state index contributed by atoms with van der Waals surface area (Å²) in [5.74, 6) is 0. The van der Waals surface area contributed by atoms with E-state index in [-0.39, 0.29) is 4.83 Å². The summed E-state index contributed by atoms with van der Waals surface area (Å²) >= 11 is 10.9. The highest BCUT2D eigenvalue weighted by molar-refractivity contribution is 9.09. The average molecular weight is 320 g/mol. The van der Waals surface area contributed by atoms with Gasteiger partial charge in [-0.15, -0.1) is 11.3 Å². The predicted octanol–water partition coefficient (Wildman–Crippen LogP) is 4.51. The van der Waals surface area contributed by atoms with Gasteiger partial charge in [-0.3, -0.25) is 0 Å². The zero-order chi connectivity index (χ0) is 11.3. The first-order chi connectivity index (χ1) is 7.11. The summed E-state index contributed by atoms with van der Waals surface area (Å²) in [4.78, 5) is 1.08. The molecule has 0 radical (unpaired) electrons. The van der Waals surface area contributed by atoms with Crippen LogP contribution in [0.1, 0.15) is 16.1 Å². The van der Waals surface area contributed by atoms with E-state index in [9.17, 15) is 8.78 Å². The van der Waals surface area contributed by atoms with Gasteiger partial charge in [0, 0.05) is 11.5 Å². The number of thiophene rings is 1. The zero-order valence-electron chi connectivity index (χ0n) is 7.76. The SMILES string of the molecule is FC(F)COCCC(Br)c1sccc1Cl. The van der Waals surface area contributed by atoms with E-state index in [1.165, 1.54) is 11.3 Å². The molecule has 1 nitrogen and oxygen atoms in total. The molecule has 0 aliphatic carbocycles. The lowest BCUT2D eigenvalue weighted by molar-refractivity contribution is 0.0168. The van der Waals surface area contributed by atoms with Crippen LogP contribution >= 0.6 is 38.9 Å². The highest BCUT2D eigenvalue weighted by Gasteiger charge is 2.13. The summed E-state index contributed by atoms with van der Waals surface area (Å²) in [7, 11) is 0. The Morgan fingerprint density at radius 3 is 2.80 bits per heavy atom. The molecule has 1 rings (SSSR count). The molecule has 1 aromatic rings. The van der Waals surface area contributed by atoms with Crippen molar-refractivity contribution < 1.29 is 13.5 Å². The van der Waals surface area contributed by atoms with Gasteiger partial charge in [-0.25, -0.2) is 8.78 Å². The normalized spacial score (nSPS) is 13.4. The van der Waals surface area contributed by atoms with Crippen LogP contribution in [-0.2, 0) is 4.74 Å². The van der Waals surface area contributed by atoms with Crippen molar-refractivity contribution in [1.29, 1.82) is 0 Å². The lowest BCUT2D eigenvalue weighted by atomic mass is 10.3. The second-order valence-electron chi connectivity index (χ2n) is 2.86. The van der Waals surface area contributed by atoms with Crippen LogP contribution < -0.4 is 0 Å². The van der Waals surface area contributed by atoms with E-state index in [1.54, 1.807) is 0 Å². The van der Waals surface area contributed by atoms with Crippen LogP contribution in [0.2, 0.25) is 5.02 Å². The molecule has 0 amide bonds.